The van der Waals surface area contributed by atoms with Crippen molar-refractivity contribution >= 4 is 16.9 Å². The van der Waals surface area contributed by atoms with Gasteiger partial charge in [-0.3, -0.25) is 9.69 Å². The van der Waals surface area contributed by atoms with E-state index in [0.717, 1.165) is 40.3 Å². The first-order chi connectivity index (χ1) is 14.6. The molecule has 4 rings (SSSR count). The number of amides is 1. The van der Waals surface area contributed by atoms with Gasteiger partial charge in [-0.05, 0) is 55.1 Å². The van der Waals surface area contributed by atoms with Crippen LogP contribution in [0.1, 0.15) is 36.5 Å². The Labute approximate surface area is 178 Å². The molecule has 1 N–H and O–H groups in total. The SMILES string of the molecule is COc1ccc2c(CC(=O)NCc3ccc(CN4CCC(C)CC4)cc3)coc2c1. The second-order valence-electron chi connectivity index (χ2n) is 8.35. The standard InChI is InChI=1S/C25H30N2O3/c1-18-9-11-27(12-10-18)16-20-5-3-19(4-6-20)15-26-25(28)13-21-17-30-24-14-22(29-2)7-8-23(21)24/h3-8,14,17-18H,9-13,15-16H2,1-2H3,(H,26,28). The van der Waals surface area contributed by atoms with Crippen molar-refractivity contribution in [2.75, 3.05) is 20.2 Å². The summed E-state index contributed by atoms with van der Waals surface area (Å²) in [6.07, 6.45) is 4.54. The van der Waals surface area contributed by atoms with Crippen LogP contribution in [0.2, 0.25) is 0 Å². The Morgan fingerprint density at radius 2 is 1.87 bits per heavy atom. The molecule has 5 heteroatoms. The molecule has 0 unspecified atom stereocenters. The minimum absolute atomic E-state index is 0.0139. The van der Waals surface area contributed by atoms with E-state index in [1.54, 1.807) is 13.4 Å². The van der Waals surface area contributed by atoms with Crippen LogP contribution < -0.4 is 10.1 Å². The first-order valence-electron chi connectivity index (χ1n) is 10.7. The van der Waals surface area contributed by atoms with Crippen LogP contribution in [0, 0.1) is 5.92 Å². The van der Waals surface area contributed by atoms with E-state index in [4.69, 9.17) is 9.15 Å². The number of rotatable bonds is 7. The molecule has 5 nitrogen and oxygen atoms in total. The van der Waals surface area contributed by atoms with Crippen LogP contribution in [0.3, 0.4) is 0 Å². The fourth-order valence-corrected chi connectivity index (χ4v) is 4.00. The van der Waals surface area contributed by atoms with Gasteiger partial charge in [-0.1, -0.05) is 31.2 Å². The minimum atomic E-state index is -0.0139. The predicted molar refractivity (Wildman–Crippen MR) is 118 cm³/mol. The molecule has 2 heterocycles. The molecule has 1 amide bonds. The van der Waals surface area contributed by atoms with Crippen molar-refractivity contribution in [2.45, 2.75) is 39.3 Å². The van der Waals surface area contributed by atoms with Crippen LogP contribution in [0.5, 0.6) is 5.75 Å². The number of likely N-dealkylation sites (tertiary alicyclic amines) is 1. The molecule has 0 aliphatic carbocycles. The van der Waals surface area contributed by atoms with Crippen LogP contribution in [0.4, 0.5) is 0 Å². The lowest BCUT2D eigenvalue weighted by molar-refractivity contribution is -0.120. The van der Waals surface area contributed by atoms with Crippen molar-refractivity contribution in [1.29, 1.82) is 0 Å². The van der Waals surface area contributed by atoms with E-state index in [0.29, 0.717) is 13.0 Å². The molecule has 0 radical (unpaired) electrons. The molecule has 0 saturated carbocycles. The van der Waals surface area contributed by atoms with Gasteiger partial charge in [0.05, 0.1) is 19.8 Å². The summed E-state index contributed by atoms with van der Waals surface area (Å²) in [5.41, 5.74) is 4.06. The zero-order chi connectivity index (χ0) is 20.9. The first-order valence-corrected chi connectivity index (χ1v) is 10.7. The van der Waals surface area contributed by atoms with Gasteiger partial charge in [0.25, 0.3) is 0 Å². The molecule has 2 aromatic carbocycles. The van der Waals surface area contributed by atoms with Gasteiger partial charge < -0.3 is 14.5 Å². The summed E-state index contributed by atoms with van der Waals surface area (Å²) in [5, 5.41) is 3.96. The van der Waals surface area contributed by atoms with Crippen molar-refractivity contribution in [2.24, 2.45) is 5.92 Å². The van der Waals surface area contributed by atoms with Crippen LogP contribution in [0.15, 0.2) is 53.1 Å². The third-order valence-corrected chi connectivity index (χ3v) is 6.01. The fraction of sp³-hybridized carbons (Fsp3) is 0.400. The predicted octanol–water partition coefficient (Wildman–Crippen LogP) is 4.53. The lowest BCUT2D eigenvalue weighted by Crippen LogP contribution is -2.32. The number of methoxy groups -OCH3 is 1. The molecule has 1 aromatic heterocycles. The summed E-state index contributed by atoms with van der Waals surface area (Å²) >= 11 is 0. The molecule has 3 aromatic rings. The van der Waals surface area contributed by atoms with Crippen molar-refractivity contribution < 1.29 is 13.9 Å². The Bertz CT molecular complexity index is 985. The Morgan fingerprint density at radius 1 is 1.13 bits per heavy atom. The number of carbonyl (C=O) groups is 1. The molecular weight excluding hydrogens is 376 g/mol. The van der Waals surface area contributed by atoms with Gasteiger partial charge in [0, 0.05) is 30.1 Å². The van der Waals surface area contributed by atoms with Gasteiger partial charge in [0.15, 0.2) is 0 Å². The number of nitrogens with zero attached hydrogens (tertiary/aromatic N) is 1. The fourth-order valence-electron chi connectivity index (χ4n) is 4.00. The number of fused-ring (bicyclic) bond motifs is 1. The summed E-state index contributed by atoms with van der Waals surface area (Å²) in [6.45, 7) is 6.26. The van der Waals surface area contributed by atoms with Gasteiger partial charge in [-0.2, -0.15) is 0 Å². The Balaban J connectivity index is 1.28. The second-order valence-corrected chi connectivity index (χ2v) is 8.35. The number of hydrogen-bond acceptors (Lipinski definition) is 4. The van der Waals surface area contributed by atoms with E-state index in [9.17, 15) is 4.79 Å². The van der Waals surface area contributed by atoms with Gasteiger partial charge in [-0.15, -0.1) is 0 Å². The highest BCUT2D eigenvalue weighted by molar-refractivity contribution is 5.88. The van der Waals surface area contributed by atoms with Crippen molar-refractivity contribution in [3.8, 4) is 5.75 Å². The highest BCUT2D eigenvalue weighted by Crippen LogP contribution is 2.26. The lowest BCUT2D eigenvalue weighted by Gasteiger charge is -2.30. The maximum absolute atomic E-state index is 12.4. The number of piperidine rings is 1. The number of carbonyl (C=O) groups excluding carboxylic acids is 1. The Morgan fingerprint density at radius 3 is 2.60 bits per heavy atom. The van der Waals surface area contributed by atoms with Gasteiger partial charge >= 0.3 is 0 Å². The summed E-state index contributed by atoms with van der Waals surface area (Å²) in [5.74, 6) is 1.58. The number of hydrogen-bond donors (Lipinski definition) is 1. The second kappa shape index (κ2) is 9.35. The van der Waals surface area contributed by atoms with E-state index in [1.165, 1.54) is 31.5 Å². The quantitative estimate of drug-likeness (QED) is 0.626. The summed E-state index contributed by atoms with van der Waals surface area (Å²) in [7, 11) is 1.62. The van der Waals surface area contributed by atoms with E-state index in [2.05, 4.69) is 41.4 Å². The molecule has 158 valence electrons. The van der Waals surface area contributed by atoms with Crippen LogP contribution in [0.25, 0.3) is 11.0 Å². The zero-order valence-electron chi connectivity index (χ0n) is 17.8. The average molecular weight is 407 g/mol. The average Bonchev–Trinajstić information content (AvgIpc) is 3.16. The van der Waals surface area contributed by atoms with E-state index >= 15 is 0 Å². The highest BCUT2D eigenvalue weighted by Gasteiger charge is 2.15. The molecule has 1 fully saturated rings. The number of furan rings is 1. The number of benzene rings is 2. The molecule has 1 aliphatic heterocycles. The molecule has 0 bridgehead atoms. The maximum Gasteiger partial charge on any atom is 0.224 e. The van der Waals surface area contributed by atoms with Crippen LogP contribution >= 0.6 is 0 Å². The molecular formula is C25H30N2O3. The van der Waals surface area contributed by atoms with Gasteiger partial charge in [0.1, 0.15) is 11.3 Å². The van der Waals surface area contributed by atoms with Crippen molar-refractivity contribution in [3.05, 3.63) is 65.4 Å². The summed E-state index contributed by atoms with van der Waals surface area (Å²) in [4.78, 5) is 15.0. The molecule has 30 heavy (non-hydrogen) atoms. The first kappa shape index (κ1) is 20.5. The minimum Gasteiger partial charge on any atom is -0.497 e. The van der Waals surface area contributed by atoms with E-state index in [-0.39, 0.29) is 5.91 Å². The topological polar surface area (TPSA) is 54.7 Å². The number of nitrogens with one attached hydrogen (secondary N) is 1. The van der Waals surface area contributed by atoms with Crippen LogP contribution in [-0.2, 0) is 24.3 Å². The summed E-state index contributed by atoms with van der Waals surface area (Å²) < 4.78 is 10.8. The molecule has 0 spiro atoms. The van der Waals surface area contributed by atoms with Gasteiger partial charge in [0.2, 0.25) is 5.91 Å². The summed E-state index contributed by atoms with van der Waals surface area (Å²) in [6, 6.07) is 14.2. The Hall–Kier alpha value is -2.79. The normalized spacial score (nSPS) is 15.4. The molecule has 0 atom stereocenters. The third kappa shape index (κ3) is 5.03. The lowest BCUT2D eigenvalue weighted by atomic mass is 9.99. The number of ether oxygens (including phenoxy) is 1. The monoisotopic (exact) mass is 406 g/mol. The molecule has 1 saturated heterocycles. The largest absolute Gasteiger partial charge is 0.497 e. The van der Waals surface area contributed by atoms with Gasteiger partial charge in [-0.25, -0.2) is 0 Å². The van der Waals surface area contributed by atoms with Crippen LogP contribution in [-0.4, -0.2) is 31.0 Å². The van der Waals surface area contributed by atoms with Crippen molar-refractivity contribution in [1.82, 2.24) is 10.2 Å². The Kier molecular flexibility index (Phi) is 6.38. The smallest absolute Gasteiger partial charge is 0.224 e. The van der Waals surface area contributed by atoms with Crippen molar-refractivity contribution in [3.63, 3.8) is 0 Å². The van der Waals surface area contributed by atoms with E-state index in [1.807, 2.05) is 18.2 Å². The highest BCUT2D eigenvalue weighted by atomic mass is 16.5. The zero-order valence-corrected chi connectivity index (χ0v) is 17.8. The third-order valence-electron chi connectivity index (χ3n) is 6.01. The maximum atomic E-state index is 12.4. The van der Waals surface area contributed by atoms with E-state index < -0.39 is 0 Å². The molecule has 1 aliphatic rings.